The van der Waals surface area contributed by atoms with Gasteiger partial charge in [0, 0.05) is 28.4 Å². The number of thioether (sulfide) groups is 1. The molecule has 2 aromatic heterocycles. The Morgan fingerprint density at radius 3 is 2.31 bits per heavy atom. The van der Waals surface area contributed by atoms with Gasteiger partial charge in [-0.2, -0.15) is 5.10 Å². The fraction of sp³-hybridized carbons (Fsp3) is 0.308. The van der Waals surface area contributed by atoms with E-state index < -0.39 is 0 Å². The third kappa shape index (κ3) is 6.37. The SMILES string of the molecule is CCn1c(SCCCN(C)C)nc2c(cnn2Cc2ccc(C(=O)c3ccc(Cl)cc3)cc2)c1=O.Cl. The predicted octanol–water partition coefficient (Wildman–Crippen LogP) is 5.01. The highest BCUT2D eigenvalue weighted by atomic mass is 35.5. The van der Waals surface area contributed by atoms with E-state index in [2.05, 4.69) is 24.1 Å². The van der Waals surface area contributed by atoms with E-state index >= 15 is 0 Å². The highest BCUT2D eigenvalue weighted by Gasteiger charge is 2.15. The maximum absolute atomic E-state index is 13.1. The lowest BCUT2D eigenvalue weighted by atomic mass is 10.0. The third-order valence-corrected chi connectivity index (χ3v) is 6.99. The molecule has 4 aromatic rings. The van der Waals surface area contributed by atoms with Crippen LogP contribution in [0, 0.1) is 0 Å². The van der Waals surface area contributed by atoms with Gasteiger partial charge in [0.05, 0.1) is 12.7 Å². The van der Waals surface area contributed by atoms with Gasteiger partial charge in [-0.05, 0) is 63.8 Å². The van der Waals surface area contributed by atoms with Crippen LogP contribution in [0.2, 0.25) is 5.02 Å². The molecule has 0 aliphatic rings. The number of fused-ring (bicyclic) bond motifs is 1. The molecule has 0 N–H and O–H groups in total. The zero-order valence-electron chi connectivity index (χ0n) is 20.5. The Hall–Kier alpha value is -2.65. The monoisotopic (exact) mass is 545 g/mol. The van der Waals surface area contributed by atoms with E-state index in [1.165, 1.54) is 0 Å². The smallest absolute Gasteiger partial charge is 0.265 e. The lowest BCUT2D eigenvalue weighted by molar-refractivity contribution is 0.103. The van der Waals surface area contributed by atoms with Crippen molar-refractivity contribution < 1.29 is 4.79 Å². The summed E-state index contributed by atoms with van der Waals surface area (Å²) in [6.07, 6.45) is 2.60. The molecule has 190 valence electrons. The zero-order valence-corrected chi connectivity index (χ0v) is 22.9. The van der Waals surface area contributed by atoms with Crippen LogP contribution in [0.4, 0.5) is 0 Å². The largest absolute Gasteiger partial charge is 0.309 e. The molecule has 2 heterocycles. The Balaban J connectivity index is 0.00000361. The van der Waals surface area contributed by atoms with Crippen LogP contribution in [-0.2, 0) is 13.1 Å². The van der Waals surface area contributed by atoms with E-state index in [1.807, 2.05) is 31.2 Å². The van der Waals surface area contributed by atoms with Crippen LogP contribution in [-0.4, -0.2) is 56.4 Å². The van der Waals surface area contributed by atoms with Gasteiger partial charge >= 0.3 is 0 Å². The molecule has 0 unspecified atom stereocenters. The van der Waals surface area contributed by atoms with Gasteiger partial charge < -0.3 is 4.90 Å². The van der Waals surface area contributed by atoms with Gasteiger partial charge in [0.25, 0.3) is 5.56 Å². The molecule has 0 saturated carbocycles. The minimum absolute atomic E-state index is 0. The number of hydrogen-bond acceptors (Lipinski definition) is 6. The number of nitrogens with zero attached hydrogens (tertiary/aromatic N) is 5. The Kier molecular flexibility index (Phi) is 9.73. The van der Waals surface area contributed by atoms with E-state index in [9.17, 15) is 9.59 Å². The molecule has 4 rings (SSSR count). The molecular formula is C26H29Cl2N5O2S. The summed E-state index contributed by atoms with van der Waals surface area (Å²) in [5.74, 6) is 0.823. The van der Waals surface area contributed by atoms with E-state index in [-0.39, 0.29) is 23.7 Å². The van der Waals surface area contributed by atoms with Crippen LogP contribution >= 0.6 is 35.8 Å². The number of halogens is 2. The van der Waals surface area contributed by atoms with E-state index in [1.54, 1.807) is 51.5 Å². The number of carbonyl (C=O) groups excluding carboxylic acids is 1. The van der Waals surface area contributed by atoms with Gasteiger partial charge in [-0.15, -0.1) is 12.4 Å². The molecule has 0 saturated heterocycles. The van der Waals surface area contributed by atoms with E-state index in [0.717, 1.165) is 29.4 Å². The Bertz CT molecular complexity index is 1380. The van der Waals surface area contributed by atoms with Gasteiger partial charge in [-0.3, -0.25) is 14.2 Å². The summed E-state index contributed by atoms with van der Waals surface area (Å²) < 4.78 is 3.46. The summed E-state index contributed by atoms with van der Waals surface area (Å²) in [5, 5.41) is 6.27. The first-order chi connectivity index (χ1) is 16.9. The third-order valence-electron chi connectivity index (χ3n) is 5.67. The summed E-state index contributed by atoms with van der Waals surface area (Å²) in [7, 11) is 4.10. The lowest BCUT2D eigenvalue weighted by Gasteiger charge is -2.12. The second-order valence-electron chi connectivity index (χ2n) is 8.52. The zero-order chi connectivity index (χ0) is 24.9. The molecule has 36 heavy (non-hydrogen) atoms. The summed E-state index contributed by atoms with van der Waals surface area (Å²) >= 11 is 7.53. The highest BCUT2D eigenvalue weighted by Crippen LogP contribution is 2.20. The molecule has 7 nitrogen and oxygen atoms in total. The van der Waals surface area contributed by atoms with Crippen molar-refractivity contribution in [1.82, 2.24) is 24.2 Å². The molecule has 0 spiro atoms. The van der Waals surface area contributed by atoms with Crippen molar-refractivity contribution in [3.05, 3.63) is 86.8 Å². The Morgan fingerprint density at radius 1 is 1.06 bits per heavy atom. The van der Waals surface area contributed by atoms with E-state index in [4.69, 9.17) is 16.6 Å². The van der Waals surface area contributed by atoms with Crippen molar-refractivity contribution in [1.29, 1.82) is 0 Å². The van der Waals surface area contributed by atoms with Crippen LogP contribution in [0.1, 0.15) is 34.8 Å². The highest BCUT2D eigenvalue weighted by molar-refractivity contribution is 7.99. The van der Waals surface area contributed by atoms with Crippen molar-refractivity contribution in [2.24, 2.45) is 0 Å². The van der Waals surface area contributed by atoms with E-state index in [0.29, 0.717) is 40.3 Å². The van der Waals surface area contributed by atoms with Crippen LogP contribution < -0.4 is 5.56 Å². The van der Waals surface area contributed by atoms with Crippen LogP contribution in [0.3, 0.4) is 0 Å². The lowest BCUT2D eigenvalue weighted by Crippen LogP contribution is -2.23. The van der Waals surface area contributed by atoms with Gasteiger partial charge in [0.1, 0.15) is 5.39 Å². The number of carbonyl (C=O) groups is 1. The molecule has 0 bridgehead atoms. The Labute approximate surface area is 225 Å². The van der Waals surface area contributed by atoms with Crippen LogP contribution in [0.25, 0.3) is 11.0 Å². The fourth-order valence-corrected chi connectivity index (χ4v) is 4.88. The van der Waals surface area contributed by atoms with Crippen molar-refractivity contribution in [3.63, 3.8) is 0 Å². The Morgan fingerprint density at radius 2 is 1.69 bits per heavy atom. The first-order valence-electron chi connectivity index (χ1n) is 11.5. The van der Waals surface area contributed by atoms with Gasteiger partial charge in [-0.25, -0.2) is 9.67 Å². The number of benzene rings is 2. The standard InChI is InChI=1S/C26H28ClN5O2S.ClH/c1-4-31-25(34)22-16-28-32(24(22)29-26(31)35-15-5-14-30(2)3)17-18-6-8-19(9-7-18)23(33)20-10-12-21(27)13-11-20;/h6-13,16H,4-5,14-15,17H2,1-3H3;1H. The van der Waals surface area contributed by atoms with Crippen molar-refractivity contribution in [2.45, 2.75) is 31.6 Å². The molecule has 10 heteroatoms. The van der Waals surface area contributed by atoms with Crippen LogP contribution in [0.15, 0.2) is 64.7 Å². The predicted molar refractivity (Wildman–Crippen MR) is 149 cm³/mol. The second-order valence-corrected chi connectivity index (χ2v) is 10.0. The first-order valence-corrected chi connectivity index (χ1v) is 12.9. The number of aromatic nitrogens is 4. The van der Waals surface area contributed by atoms with Crippen molar-refractivity contribution in [2.75, 3.05) is 26.4 Å². The average molecular weight is 547 g/mol. The van der Waals surface area contributed by atoms with Crippen LogP contribution in [0.5, 0.6) is 0 Å². The normalized spacial score (nSPS) is 11.1. The topological polar surface area (TPSA) is 73.0 Å². The molecular weight excluding hydrogens is 517 g/mol. The molecule has 0 fully saturated rings. The fourth-order valence-electron chi connectivity index (χ4n) is 3.78. The summed E-state index contributed by atoms with van der Waals surface area (Å²) in [5.41, 5.74) is 2.66. The number of hydrogen-bond donors (Lipinski definition) is 0. The summed E-state index contributed by atoms with van der Waals surface area (Å²) in [4.78, 5) is 32.8. The van der Waals surface area contributed by atoms with Gasteiger partial charge in [-0.1, -0.05) is 47.6 Å². The maximum Gasteiger partial charge on any atom is 0.265 e. The van der Waals surface area contributed by atoms with Gasteiger partial charge in [0.2, 0.25) is 0 Å². The summed E-state index contributed by atoms with van der Waals surface area (Å²) in [6, 6.07) is 14.3. The second kappa shape index (κ2) is 12.5. The maximum atomic E-state index is 13.1. The van der Waals surface area contributed by atoms with Crippen molar-refractivity contribution in [3.8, 4) is 0 Å². The number of rotatable bonds is 10. The molecule has 0 radical (unpaired) electrons. The van der Waals surface area contributed by atoms with Gasteiger partial charge in [0.15, 0.2) is 16.6 Å². The average Bonchev–Trinajstić information content (AvgIpc) is 3.25. The molecule has 0 aliphatic carbocycles. The van der Waals surface area contributed by atoms with Crippen molar-refractivity contribution >= 4 is 52.6 Å². The molecule has 2 aromatic carbocycles. The summed E-state index contributed by atoms with van der Waals surface area (Å²) in [6.45, 7) is 3.95. The minimum atomic E-state index is -0.0669. The molecule has 0 aliphatic heterocycles. The molecule has 0 atom stereocenters. The first kappa shape index (κ1) is 27.9. The quantitative estimate of drug-likeness (QED) is 0.121. The molecule has 0 amide bonds. The minimum Gasteiger partial charge on any atom is -0.309 e. The number of ketones is 1.